The molecule has 0 aliphatic rings. The predicted octanol–water partition coefficient (Wildman–Crippen LogP) is 3.72. The molecule has 178 valence electrons. The number of benzene rings is 2. The summed E-state index contributed by atoms with van der Waals surface area (Å²) in [4.78, 5) is 37.0. The van der Waals surface area contributed by atoms with Crippen LogP contribution in [0.25, 0.3) is 0 Å². The van der Waals surface area contributed by atoms with E-state index in [9.17, 15) is 27.6 Å². The Morgan fingerprint density at radius 1 is 1.00 bits per heavy atom. The Balaban J connectivity index is 2.14. The van der Waals surface area contributed by atoms with Gasteiger partial charge in [-0.2, -0.15) is 13.2 Å². The molecule has 0 heterocycles. The van der Waals surface area contributed by atoms with Crippen LogP contribution in [0.2, 0.25) is 5.02 Å². The summed E-state index contributed by atoms with van der Waals surface area (Å²) in [6, 6.07) is 11.9. The van der Waals surface area contributed by atoms with Crippen LogP contribution in [-0.2, 0) is 20.8 Å². The summed E-state index contributed by atoms with van der Waals surface area (Å²) in [5.74, 6) is -4.12. The number of rotatable bonds is 10. The third-order valence-corrected chi connectivity index (χ3v) is 4.86. The molecule has 0 aromatic heterocycles. The van der Waals surface area contributed by atoms with E-state index in [0.29, 0.717) is 16.3 Å². The number of halogens is 4. The second-order valence-corrected chi connectivity index (χ2v) is 8.08. The molecule has 2 amide bonds. The first-order valence-electron chi connectivity index (χ1n) is 10.1. The maximum absolute atomic E-state index is 13.0. The molecule has 6 nitrogen and oxygen atoms in total. The van der Waals surface area contributed by atoms with Crippen molar-refractivity contribution in [2.24, 2.45) is 5.92 Å². The number of ether oxygens (including phenoxy) is 1. The van der Waals surface area contributed by atoms with Gasteiger partial charge in [0.25, 0.3) is 11.7 Å². The average molecular weight is 485 g/mol. The number of Topliss-reactive ketones (excluding diaryl/α,β-unsaturated/α-hetero) is 1. The van der Waals surface area contributed by atoms with Crippen molar-refractivity contribution in [3.63, 3.8) is 0 Å². The molecule has 2 rings (SSSR count). The molecule has 0 unspecified atom stereocenters. The molecule has 0 spiro atoms. The molecule has 33 heavy (non-hydrogen) atoms. The summed E-state index contributed by atoms with van der Waals surface area (Å²) >= 11 is 5.87. The van der Waals surface area contributed by atoms with Gasteiger partial charge in [0.1, 0.15) is 11.8 Å². The van der Waals surface area contributed by atoms with E-state index >= 15 is 0 Å². The van der Waals surface area contributed by atoms with Gasteiger partial charge in [-0.1, -0.05) is 61.8 Å². The summed E-state index contributed by atoms with van der Waals surface area (Å²) in [5, 5.41) is 5.02. The Bertz CT molecular complexity index is 968. The summed E-state index contributed by atoms with van der Waals surface area (Å²) in [5.41, 5.74) is 0.664. The molecule has 2 aromatic carbocycles. The highest BCUT2D eigenvalue weighted by Crippen LogP contribution is 2.21. The van der Waals surface area contributed by atoms with E-state index in [-0.39, 0.29) is 6.42 Å². The topological polar surface area (TPSA) is 84.5 Å². The molecule has 0 radical (unpaired) electrons. The van der Waals surface area contributed by atoms with E-state index in [1.807, 2.05) is 0 Å². The van der Waals surface area contributed by atoms with Gasteiger partial charge in [0.15, 0.2) is 6.61 Å². The summed E-state index contributed by atoms with van der Waals surface area (Å²) in [6.45, 7) is 2.32. The van der Waals surface area contributed by atoms with Crippen LogP contribution in [0.1, 0.15) is 19.4 Å². The number of carbonyl (C=O) groups is 3. The number of ketones is 1. The van der Waals surface area contributed by atoms with Crippen molar-refractivity contribution in [2.45, 2.75) is 38.5 Å². The minimum absolute atomic E-state index is 0.000597. The molecule has 10 heteroatoms. The van der Waals surface area contributed by atoms with Gasteiger partial charge < -0.3 is 15.4 Å². The summed E-state index contributed by atoms with van der Waals surface area (Å²) in [7, 11) is 0. The number of amides is 2. The second-order valence-electron chi connectivity index (χ2n) is 7.65. The molecular weight excluding hydrogens is 461 g/mol. The molecule has 0 bridgehead atoms. The first kappa shape index (κ1) is 26.2. The fraction of sp³-hybridized carbons (Fsp3) is 0.348. The second kappa shape index (κ2) is 11.7. The van der Waals surface area contributed by atoms with Crippen LogP contribution in [0.5, 0.6) is 5.75 Å². The van der Waals surface area contributed by atoms with Gasteiger partial charge in [0, 0.05) is 11.4 Å². The van der Waals surface area contributed by atoms with Crippen LogP contribution in [0.3, 0.4) is 0 Å². The van der Waals surface area contributed by atoms with E-state index in [1.54, 1.807) is 48.5 Å². The Morgan fingerprint density at radius 2 is 1.67 bits per heavy atom. The van der Waals surface area contributed by atoms with Gasteiger partial charge in [0.2, 0.25) is 5.91 Å². The lowest BCUT2D eigenvalue weighted by Gasteiger charge is -2.25. The number of alkyl halides is 3. The Morgan fingerprint density at radius 3 is 2.24 bits per heavy atom. The van der Waals surface area contributed by atoms with Crippen LogP contribution in [-0.4, -0.2) is 42.5 Å². The zero-order valence-corrected chi connectivity index (χ0v) is 18.7. The van der Waals surface area contributed by atoms with Crippen LogP contribution in [0.15, 0.2) is 54.6 Å². The lowest BCUT2D eigenvalue weighted by atomic mass is 9.98. The van der Waals surface area contributed by atoms with E-state index in [2.05, 4.69) is 10.6 Å². The molecule has 2 atom stereocenters. The fourth-order valence-electron chi connectivity index (χ4n) is 2.97. The van der Waals surface area contributed by atoms with E-state index in [0.717, 1.165) is 0 Å². The van der Waals surface area contributed by atoms with Gasteiger partial charge in [-0.15, -0.1) is 0 Å². The third-order valence-electron chi connectivity index (χ3n) is 4.63. The minimum atomic E-state index is -5.11. The van der Waals surface area contributed by atoms with Gasteiger partial charge in [0.05, 0.1) is 6.04 Å². The van der Waals surface area contributed by atoms with Gasteiger partial charge in [-0.3, -0.25) is 14.4 Å². The van der Waals surface area contributed by atoms with Crippen molar-refractivity contribution in [3.05, 3.63) is 65.2 Å². The van der Waals surface area contributed by atoms with Gasteiger partial charge in [-0.05, 0) is 29.7 Å². The number of carbonyl (C=O) groups excluding carboxylic acids is 3. The molecule has 0 aliphatic carbocycles. The SMILES string of the molecule is CC(C)[C@H](NC(=O)[C@H](Cc1ccccc1)NC(=O)COc1cccc(Cl)c1)C(=O)C(F)(F)F. The largest absolute Gasteiger partial charge is 0.484 e. The first-order chi connectivity index (χ1) is 15.5. The normalized spacial score (nSPS) is 13.2. The molecule has 2 aromatic rings. The Kier molecular flexibility index (Phi) is 9.28. The Hall–Kier alpha value is -3.07. The number of hydrogen-bond acceptors (Lipinski definition) is 4. The maximum atomic E-state index is 13.0. The predicted molar refractivity (Wildman–Crippen MR) is 117 cm³/mol. The fourth-order valence-corrected chi connectivity index (χ4v) is 3.15. The van der Waals surface area contributed by atoms with E-state index < -0.39 is 48.4 Å². The van der Waals surface area contributed by atoms with Crippen LogP contribution in [0.4, 0.5) is 13.2 Å². The minimum Gasteiger partial charge on any atom is -0.484 e. The monoisotopic (exact) mass is 484 g/mol. The first-order valence-corrected chi connectivity index (χ1v) is 10.5. The molecule has 0 saturated heterocycles. The zero-order valence-electron chi connectivity index (χ0n) is 18.0. The van der Waals surface area contributed by atoms with Crippen molar-refractivity contribution in [1.29, 1.82) is 0 Å². The van der Waals surface area contributed by atoms with Crippen molar-refractivity contribution < 1.29 is 32.3 Å². The molecule has 2 N–H and O–H groups in total. The highest BCUT2D eigenvalue weighted by molar-refractivity contribution is 6.30. The van der Waals surface area contributed by atoms with E-state index in [4.69, 9.17) is 16.3 Å². The quantitative estimate of drug-likeness (QED) is 0.538. The smallest absolute Gasteiger partial charge is 0.452 e. The van der Waals surface area contributed by atoms with Crippen molar-refractivity contribution in [2.75, 3.05) is 6.61 Å². The highest BCUT2D eigenvalue weighted by Gasteiger charge is 2.45. The van der Waals surface area contributed by atoms with Crippen molar-refractivity contribution in [3.8, 4) is 5.75 Å². The van der Waals surface area contributed by atoms with Crippen molar-refractivity contribution >= 4 is 29.2 Å². The lowest BCUT2D eigenvalue weighted by Crippen LogP contribution is -2.56. The summed E-state index contributed by atoms with van der Waals surface area (Å²) in [6.07, 6.45) is -5.11. The Labute approximate surface area is 194 Å². The van der Waals surface area contributed by atoms with E-state index in [1.165, 1.54) is 19.9 Å². The van der Waals surface area contributed by atoms with Crippen LogP contribution < -0.4 is 15.4 Å². The highest BCUT2D eigenvalue weighted by atomic mass is 35.5. The van der Waals surface area contributed by atoms with Crippen LogP contribution >= 0.6 is 11.6 Å². The molecule has 0 fully saturated rings. The third kappa shape index (κ3) is 8.42. The molecule has 0 aliphatic heterocycles. The standard InChI is InChI=1S/C23H24ClF3N2O4/c1-14(2)20(21(31)23(25,26)27)29-22(32)18(11-15-7-4-3-5-8-15)28-19(30)13-33-17-10-6-9-16(24)12-17/h3-10,12,14,18,20H,11,13H2,1-2H3,(H,28,30)(H,29,32)/t18-,20-/m0/s1. The number of nitrogens with one attached hydrogen (secondary N) is 2. The molecular formula is C23H24ClF3N2O4. The number of hydrogen-bond donors (Lipinski definition) is 2. The molecule has 0 saturated carbocycles. The van der Waals surface area contributed by atoms with Gasteiger partial charge in [-0.25, -0.2) is 0 Å². The lowest BCUT2D eigenvalue weighted by molar-refractivity contribution is -0.175. The van der Waals surface area contributed by atoms with Gasteiger partial charge >= 0.3 is 6.18 Å². The average Bonchev–Trinajstić information content (AvgIpc) is 2.75. The van der Waals surface area contributed by atoms with Crippen molar-refractivity contribution in [1.82, 2.24) is 10.6 Å². The van der Waals surface area contributed by atoms with Crippen LogP contribution in [0, 0.1) is 5.92 Å². The zero-order chi connectivity index (χ0) is 24.6. The summed E-state index contributed by atoms with van der Waals surface area (Å²) < 4.78 is 44.2. The maximum Gasteiger partial charge on any atom is 0.452 e.